The van der Waals surface area contributed by atoms with Crippen molar-refractivity contribution in [3.8, 4) is 0 Å². The molecule has 0 fully saturated rings. The summed E-state index contributed by atoms with van der Waals surface area (Å²) < 4.78 is 0. The van der Waals surface area contributed by atoms with Gasteiger partial charge in [-0.1, -0.05) is 35.9 Å². The third-order valence-electron chi connectivity index (χ3n) is 3.04. The molecule has 0 spiro atoms. The molecule has 0 aliphatic carbocycles. The van der Waals surface area contributed by atoms with Crippen LogP contribution < -0.4 is 5.32 Å². The fourth-order valence-electron chi connectivity index (χ4n) is 2.05. The Labute approximate surface area is 126 Å². The first kappa shape index (κ1) is 13.2. The first-order valence-electron chi connectivity index (χ1n) is 6.09. The summed E-state index contributed by atoms with van der Waals surface area (Å²) >= 11 is 12.2. The number of fused-ring (bicyclic) bond motifs is 1. The minimum absolute atomic E-state index is 0.205. The average molecular weight is 304 g/mol. The summed E-state index contributed by atoms with van der Waals surface area (Å²) in [6, 6.07) is 13.4. The Bertz CT molecular complexity index is 767. The second-order valence-corrected chi connectivity index (χ2v) is 5.16. The van der Waals surface area contributed by atoms with Crippen LogP contribution in [-0.2, 0) is 0 Å². The second-order valence-electron chi connectivity index (χ2n) is 4.42. The third kappa shape index (κ3) is 2.42. The molecule has 3 nitrogen and oxygen atoms in total. The zero-order chi connectivity index (χ0) is 14.1. The summed E-state index contributed by atoms with van der Waals surface area (Å²) in [6.45, 7) is 1.99. The number of halogens is 2. The van der Waals surface area contributed by atoms with Gasteiger partial charge >= 0.3 is 0 Å². The van der Waals surface area contributed by atoms with Crippen LogP contribution in [0.15, 0.2) is 42.5 Å². The minimum atomic E-state index is 0.205. The third-order valence-corrected chi connectivity index (χ3v) is 3.53. The van der Waals surface area contributed by atoms with Crippen molar-refractivity contribution < 1.29 is 0 Å². The van der Waals surface area contributed by atoms with Gasteiger partial charge in [-0.15, -0.1) is 0 Å². The molecule has 0 aliphatic heterocycles. The molecule has 20 heavy (non-hydrogen) atoms. The number of aryl methyl sites for hydroxylation is 1. The van der Waals surface area contributed by atoms with E-state index in [1.54, 1.807) is 0 Å². The lowest BCUT2D eigenvalue weighted by Crippen LogP contribution is -1.99. The Kier molecular flexibility index (Phi) is 3.47. The van der Waals surface area contributed by atoms with Crippen molar-refractivity contribution in [3.05, 3.63) is 58.3 Å². The largest absolute Gasteiger partial charge is 0.338 e. The monoisotopic (exact) mass is 303 g/mol. The lowest BCUT2D eigenvalue weighted by atomic mass is 10.2. The van der Waals surface area contributed by atoms with E-state index >= 15 is 0 Å². The van der Waals surface area contributed by atoms with E-state index in [0.29, 0.717) is 10.8 Å². The zero-order valence-corrected chi connectivity index (χ0v) is 12.2. The lowest BCUT2D eigenvalue weighted by Gasteiger charge is -2.12. The van der Waals surface area contributed by atoms with Gasteiger partial charge in [0.15, 0.2) is 0 Å². The molecule has 1 heterocycles. The first-order valence-corrected chi connectivity index (χ1v) is 6.85. The SMILES string of the molecule is Cc1cccc(Cl)c1Nc1nc(Cl)nc2ccccc12. The summed E-state index contributed by atoms with van der Waals surface area (Å²) in [5.41, 5.74) is 2.66. The molecule has 0 saturated carbocycles. The predicted octanol–water partition coefficient (Wildman–Crippen LogP) is 4.99. The molecule has 0 radical (unpaired) electrons. The van der Waals surface area contributed by atoms with Crippen LogP contribution in [0.4, 0.5) is 11.5 Å². The van der Waals surface area contributed by atoms with Gasteiger partial charge in [0.1, 0.15) is 5.82 Å². The van der Waals surface area contributed by atoms with E-state index in [-0.39, 0.29) is 5.28 Å². The van der Waals surface area contributed by atoms with Crippen LogP contribution >= 0.6 is 23.2 Å². The fraction of sp³-hybridized carbons (Fsp3) is 0.0667. The molecule has 0 atom stereocenters. The van der Waals surface area contributed by atoms with Gasteiger partial charge in [0.05, 0.1) is 16.2 Å². The molecule has 1 aromatic heterocycles. The lowest BCUT2D eigenvalue weighted by molar-refractivity contribution is 1.21. The fourth-order valence-corrected chi connectivity index (χ4v) is 2.50. The van der Waals surface area contributed by atoms with Gasteiger partial charge < -0.3 is 5.32 Å². The normalized spacial score (nSPS) is 10.8. The number of nitrogens with one attached hydrogen (secondary N) is 1. The first-order chi connectivity index (χ1) is 9.65. The van der Waals surface area contributed by atoms with Gasteiger partial charge in [-0.2, -0.15) is 4.98 Å². The van der Waals surface area contributed by atoms with E-state index in [4.69, 9.17) is 23.2 Å². The molecule has 5 heteroatoms. The van der Waals surface area contributed by atoms with E-state index < -0.39 is 0 Å². The zero-order valence-electron chi connectivity index (χ0n) is 10.7. The van der Waals surface area contributed by atoms with Gasteiger partial charge in [-0.05, 0) is 42.3 Å². The highest BCUT2D eigenvalue weighted by atomic mass is 35.5. The number of para-hydroxylation sites is 2. The number of benzene rings is 2. The number of anilines is 2. The van der Waals surface area contributed by atoms with Crippen molar-refractivity contribution in [2.24, 2.45) is 0 Å². The molecule has 1 N–H and O–H groups in total. The van der Waals surface area contributed by atoms with Crippen molar-refractivity contribution in [3.63, 3.8) is 0 Å². The van der Waals surface area contributed by atoms with Crippen LogP contribution in [0.1, 0.15) is 5.56 Å². The quantitative estimate of drug-likeness (QED) is 0.678. The molecular formula is C15H11Cl2N3. The molecular weight excluding hydrogens is 293 g/mol. The van der Waals surface area contributed by atoms with Crippen LogP contribution in [0.2, 0.25) is 10.3 Å². The Hall–Kier alpha value is -1.84. The predicted molar refractivity (Wildman–Crippen MR) is 84.0 cm³/mol. The van der Waals surface area contributed by atoms with Gasteiger partial charge in [-0.25, -0.2) is 4.98 Å². The van der Waals surface area contributed by atoms with Crippen LogP contribution in [-0.4, -0.2) is 9.97 Å². The number of aromatic nitrogens is 2. The maximum atomic E-state index is 6.23. The molecule has 3 rings (SSSR count). The van der Waals surface area contributed by atoms with Crippen LogP contribution in [0.25, 0.3) is 10.9 Å². The van der Waals surface area contributed by atoms with Gasteiger partial charge in [-0.3, -0.25) is 0 Å². The van der Waals surface area contributed by atoms with Crippen LogP contribution in [0.3, 0.4) is 0 Å². The van der Waals surface area contributed by atoms with Crippen molar-refractivity contribution in [2.75, 3.05) is 5.32 Å². The van der Waals surface area contributed by atoms with Crippen molar-refractivity contribution in [1.29, 1.82) is 0 Å². The highest BCUT2D eigenvalue weighted by Crippen LogP contribution is 2.31. The smallest absolute Gasteiger partial charge is 0.224 e. The maximum absolute atomic E-state index is 6.23. The summed E-state index contributed by atoms with van der Waals surface area (Å²) in [5.74, 6) is 0.650. The molecule has 0 bridgehead atoms. The second kappa shape index (κ2) is 5.27. The van der Waals surface area contributed by atoms with Crippen molar-refractivity contribution in [1.82, 2.24) is 9.97 Å². The average Bonchev–Trinajstić information content (AvgIpc) is 2.42. The molecule has 0 amide bonds. The molecule has 3 aromatic rings. The van der Waals surface area contributed by atoms with E-state index in [1.807, 2.05) is 49.4 Å². The minimum Gasteiger partial charge on any atom is -0.338 e. The van der Waals surface area contributed by atoms with Crippen LogP contribution in [0, 0.1) is 6.92 Å². The topological polar surface area (TPSA) is 37.8 Å². The maximum Gasteiger partial charge on any atom is 0.224 e. The Morgan fingerprint density at radius 3 is 2.55 bits per heavy atom. The van der Waals surface area contributed by atoms with Crippen molar-refractivity contribution >= 4 is 45.6 Å². The van der Waals surface area contributed by atoms with E-state index in [0.717, 1.165) is 22.2 Å². The number of nitrogens with zero attached hydrogens (tertiary/aromatic N) is 2. The molecule has 0 unspecified atom stereocenters. The van der Waals surface area contributed by atoms with E-state index in [1.165, 1.54) is 0 Å². The standard InChI is InChI=1S/C15H11Cl2N3/c1-9-5-4-7-11(16)13(9)19-14-10-6-2-3-8-12(10)18-15(17)20-14/h2-8H,1H3,(H,18,19,20). The molecule has 0 aliphatic rings. The van der Waals surface area contributed by atoms with Gasteiger partial charge in [0.25, 0.3) is 0 Å². The highest BCUT2D eigenvalue weighted by Gasteiger charge is 2.09. The highest BCUT2D eigenvalue weighted by molar-refractivity contribution is 6.33. The Balaban J connectivity index is 2.16. The molecule has 2 aromatic carbocycles. The van der Waals surface area contributed by atoms with Gasteiger partial charge in [0, 0.05) is 5.39 Å². The summed E-state index contributed by atoms with van der Waals surface area (Å²) in [6.07, 6.45) is 0. The summed E-state index contributed by atoms with van der Waals surface area (Å²) in [7, 11) is 0. The summed E-state index contributed by atoms with van der Waals surface area (Å²) in [5, 5.41) is 5.00. The van der Waals surface area contributed by atoms with E-state index in [9.17, 15) is 0 Å². The van der Waals surface area contributed by atoms with Crippen molar-refractivity contribution in [2.45, 2.75) is 6.92 Å². The number of hydrogen-bond acceptors (Lipinski definition) is 3. The Morgan fingerprint density at radius 1 is 0.950 bits per heavy atom. The summed E-state index contributed by atoms with van der Waals surface area (Å²) in [4.78, 5) is 8.47. The van der Waals surface area contributed by atoms with Gasteiger partial charge in [0.2, 0.25) is 5.28 Å². The molecule has 100 valence electrons. The number of rotatable bonds is 2. The Morgan fingerprint density at radius 2 is 1.75 bits per heavy atom. The molecule has 0 saturated heterocycles. The van der Waals surface area contributed by atoms with Crippen LogP contribution in [0.5, 0.6) is 0 Å². The van der Waals surface area contributed by atoms with E-state index in [2.05, 4.69) is 15.3 Å². The number of hydrogen-bond donors (Lipinski definition) is 1.